The number of nitrogens with zero attached hydrogens (tertiary/aromatic N) is 3. The number of hydrogen-bond acceptors (Lipinski definition) is 4. The normalized spacial score (nSPS) is 17.2. The maximum Gasteiger partial charge on any atom is 0.257 e. The lowest BCUT2D eigenvalue weighted by Crippen LogP contribution is -2.41. The fourth-order valence-electron chi connectivity index (χ4n) is 3.44. The van der Waals surface area contributed by atoms with Crippen molar-refractivity contribution in [2.75, 3.05) is 18.4 Å². The van der Waals surface area contributed by atoms with Crippen LogP contribution in [0.1, 0.15) is 35.9 Å². The first-order valence-corrected chi connectivity index (χ1v) is 8.81. The molecule has 1 fully saturated rings. The number of hydrogen-bond donors (Lipinski definition) is 2. The minimum absolute atomic E-state index is 0.117. The van der Waals surface area contributed by atoms with Gasteiger partial charge in [0.2, 0.25) is 5.91 Å². The van der Waals surface area contributed by atoms with Crippen molar-refractivity contribution in [2.45, 2.75) is 33.2 Å². The maximum atomic E-state index is 12.8. The van der Waals surface area contributed by atoms with E-state index >= 15 is 0 Å². The minimum Gasteiger partial charge on any atom is -0.507 e. The quantitative estimate of drug-likeness (QED) is 0.881. The first-order chi connectivity index (χ1) is 12.4. The number of carbonyl (C=O) groups is 2. The summed E-state index contributed by atoms with van der Waals surface area (Å²) in [4.78, 5) is 30.0. The summed E-state index contributed by atoms with van der Waals surface area (Å²) < 4.78 is 2.11. The van der Waals surface area contributed by atoms with Gasteiger partial charge in [-0.05, 0) is 37.8 Å². The Morgan fingerprint density at radius 2 is 2.19 bits per heavy atom. The maximum absolute atomic E-state index is 12.8. The Morgan fingerprint density at radius 1 is 1.38 bits per heavy atom. The number of aromatic nitrogens is 2. The Bertz CT molecular complexity index is 815. The summed E-state index contributed by atoms with van der Waals surface area (Å²) in [5, 5.41) is 12.8. The molecule has 26 heavy (non-hydrogen) atoms. The third kappa shape index (κ3) is 4.04. The standard InChI is InChI=1S/C19H24N4O3/c1-13-20-7-9-22(13)11-15-4-3-8-23(12-15)19(26)17-6-5-16(10-18(17)25)21-14(2)24/h5-7,9-10,15,25H,3-4,8,11-12H2,1-2H3,(H,21,24)/t15-/m1/s1. The van der Waals surface area contributed by atoms with E-state index in [1.807, 2.05) is 13.1 Å². The van der Waals surface area contributed by atoms with Crippen LogP contribution in [-0.4, -0.2) is 44.5 Å². The molecule has 0 unspecified atom stereocenters. The van der Waals surface area contributed by atoms with Crippen molar-refractivity contribution in [1.82, 2.24) is 14.5 Å². The van der Waals surface area contributed by atoms with Gasteiger partial charge >= 0.3 is 0 Å². The van der Waals surface area contributed by atoms with Crippen LogP contribution in [0, 0.1) is 12.8 Å². The molecule has 1 saturated heterocycles. The molecule has 1 aliphatic heterocycles. The van der Waals surface area contributed by atoms with Crippen LogP contribution in [-0.2, 0) is 11.3 Å². The summed E-state index contributed by atoms with van der Waals surface area (Å²) in [6, 6.07) is 4.60. The molecule has 1 atom stereocenters. The van der Waals surface area contributed by atoms with E-state index in [4.69, 9.17) is 0 Å². The van der Waals surface area contributed by atoms with Gasteiger partial charge < -0.3 is 19.9 Å². The number of piperidine rings is 1. The van der Waals surface area contributed by atoms with Crippen LogP contribution in [0.4, 0.5) is 5.69 Å². The van der Waals surface area contributed by atoms with E-state index in [0.29, 0.717) is 24.7 Å². The number of rotatable bonds is 4. The summed E-state index contributed by atoms with van der Waals surface area (Å²) >= 11 is 0. The average molecular weight is 356 g/mol. The van der Waals surface area contributed by atoms with Crippen molar-refractivity contribution >= 4 is 17.5 Å². The summed E-state index contributed by atoms with van der Waals surface area (Å²) in [6.07, 6.45) is 5.75. The average Bonchev–Trinajstić information content (AvgIpc) is 2.99. The van der Waals surface area contributed by atoms with Crippen LogP contribution in [0.15, 0.2) is 30.6 Å². The molecule has 0 spiro atoms. The molecular formula is C19H24N4O3. The Balaban J connectivity index is 1.69. The second kappa shape index (κ2) is 7.59. The number of aromatic hydroxyl groups is 1. The van der Waals surface area contributed by atoms with Crippen LogP contribution in [0.25, 0.3) is 0 Å². The number of carbonyl (C=O) groups excluding carboxylic acids is 2. The van der Waals surface area contributed by atoms with Crippen molar-refractivity contribution in [1.29, 1.82) is 0 Å². The van der Waals surface area contributed by atoms with Crippen LogP contribution >= 0.6 is 0 Å². The molecule has 0 saturated carbocycles. The van der Waals surface area contributed by atoms with Gasteiger partial charge in [0.25, 0.3) is 5.91 Å². The molecular weight excluding hydrogens is 332 g/mol. The molecule has 2 aromatic rings. The molecule has 1 aromatic heterocycles. The summed E-state index contributed by atoms with van der Waals surface area (Å²) in [7, 11) is 0. The minimum atomic E-state index is -0.225. The molecule has 2 N–H and O–H groups in total. The molecule has 0 bridgehead atoms. The number of phenolic OH excluding ortho intramolecular Hbond substituents is 1. The zero-order valence-electron chi connectivity index (χ0n) is 15.1. The smallest absolute Gasteiger partial charge is 0.257 e. The highest BCUT2D eigenvalue weighted by molar-refractivity contribution is 5.98. The molecule has 0 radical (unpaired) electrons. The van der Waals surface area contributed by atoms with Crippen molar-refractivity contribution in [3.63, 3.8) is 0 Å². The van der Waals surface area contributed by atoms with Crippen molar-refractivity contribution in [3.05, 3.63) is 42.0 Å². The van der Waals surface area contributed by atoms with E-state index in [1.54, 1.807) is 23.2 Å². The monoisotopic (exact) mass is 356 g/mol. The van der Waals surface area contributed by atoms with Gasteiger partial charge in [0.15, 0.2) is 0 Å². The molecule has 2 amide bonds. The fourth-order valence-corrected chi connectivity index (χ4v) is 3.44. The van der Waals surface area contributed by atoms with E-state index < -0.39 is 0 Å². The van der Waals surface area contributed by atoms with E-state index in [9.17, 15) is 14.7 Å². The zero-order valence-corrected chi connectivity index (χ0v) is 15.1. The number of likely N-dealkylation sites (tertiary alicyclic amines) is 1. The molecule has 7 nitrogen and oxygen atoms in total. The number of anilines is 1. The predicted octanol–water partition coefficient (Wildman–Crippen LogP) is 2.41. The van der Waals surface area contributed by atoms with Crippen LogP contribution in [0.5, 0.6) is 5.75 Å². The highest BCUT2D eigenvalue weighted by Gasteiger charge is 2.26. The summed E-state index contributed by atoms with van der Waals surface area (Å²) in [5.41, 5.74) is 0.734. The van der Waals surface area contributed by atoms with Crippen LogP contribution in [0.2, 0.25) is 0 Å². The molecule has 1 aromatic carbocycles. The Kier molecular flexibility index (Phi) is 5.25. The number of nitrogens with one attached hydrogen (secondary N) is 1. The van der Waals surface area contributed by atoms with Crippen molar-refractivity contribution in [2.24, 2.45) is 5.92 Å². The van der Waals surface area contributed by atoms with Gasteiger partial charge in [0, 0.05) is 50.7 Å². The first kappa shape index (κ1) is 18.0. The van der Waals surface area contributed by atoms with E-state index in [-0.39, 0.29) is 23.1 Å². The Hall–Kier alpha value is -2.83. The topological polar surface area (TPSA) is 87.5 Å². The van der Waals surface area contributed by atoms with Gasteiger partial charge in [-0.3, -0.25) is 9.59 Å². The second-order valence-corrected chi connectivity index (χ2v) is 6.80. The van der Waals surface area contributed by atoms with E-state index in [1.165, 1.54) is 13.0 Å². The third-order valence-corrected chi connectivity index (χ3v) is 4.73. The Labute approximate surface area is 152 Å². The molecule has 0 aliphatic carbocycles. The largest absolute Gasteiger partial charge is 0.507 e. The SMILES string of the molecule is CC(=O)Nc1ccc(C(=O)N2CCC[C@H](Cn3ccnc3C)C2)c(O)c1. The molecule has 2 heterocycles. The van der Waals surface area contributed by atoms with Gasteiger partial charge in [0.05, 0.1) is 5.56 Å². The second-order valence-electron chi connectivity index (χ2n) is 6.80. The van der Waals surface area contributed by atoms with Gasteiger partial charge in [-0.1, -0.05) is 0 Å². The predicted molar refractivity (Wildman–Crippen MR) is 98.0 cm³/mol. The molecule has 1 aliphatic rings. The molecule has 138 valence electrons. The number of imidazole rings is 1. The van der Waals surface area contributed by atoms with Crippen molar-refractivity contribution in [3.8, 4) is 5.75 Å². The van der Waals surface area contributed by atoms with E-state index in [0.717, 1.165) is 25.2 Å². The van der Waals surface area contributed by atoms with Crippen LogP contribution in [0.3, 0.4) is 0 Å². The number of aryl methyl sites for hydroxylation is 1. The van der Waals surface area contributed by atoms with Gasteiger partial charge in [-0.2, -0.15) is 0 Å². The van der Waals surface area contributed by atoms with Crippen LogP contribution < -0.4 is 5.32 Å². The fraction of sp³-hybridized carbons (Fsp3) is 0.421. The highest BCUT2D eigenvalue weighted by atomic mass is 16.3. The molecule has 3 rings (SSSR count). The summed E-state index contributed by atoms with van der Waals surface area (Å²) in [5.74, 6) is 0.816. The first-order valence-electron chi connectivity index (χ1n) is 8.81. The van der Waals surface area contributed by atoms with Gasteiger partial charge in [0.1, 0.15) is 11.6 Å². The number of benzene rings is 1. The number of phenols is 1. The summed E-state index contributed by atoms with van der Waals surface area (Å²) in [6.45, 7) is 5.55. The highest BCUT2D eigenvalue weighted by Crippen LogP contribution is 2.26. The lowest BCUT2D eigenvalue weighted by molar-refractivity contribution is -0.114. The lowest BCUT2D eigenvalue weighted by atomic mass is 9.97. The molecule has 7 heteroatoms. The van der Waals surface area contributed by atoms with Crippen molar-refractivity contribution < 1.29 is 14.7 Å². The Morgan fingerprint density at radius 3 is 2.85 bits per heavy atom. The third-order valence-electron chi connectivity index (χ3n) is 4.73. The van der Waals surface area contributed by atoms with E-state index in [2.05, 4.69) is 14.9 Å². The zero-order chi connectivity index (χ0) is 18.7. The van der Waals surface area contributed by atoms with Gasteiger partial charge in [-0.25, -0.2) is 4.98 Å². The lowest BCUT2D eigenvalue weighted by Gasteiger charge is -2.33. The van der Waals surface area contributed by atoms with Gasteiger partial charge in [-0.15, -0.1) is 0 Å². The number of amides is 2.